The summed E-state index contributed by atoms with van der Waals surface area (Å²) in [5.41, 5.74) is 3.24. The predicted octanol–water partition coefficient (Wildman–Crippen LogP) is 5.41. The highest BCUT2D eigenvalue weighted by Crippen LogP contribution is 2.41. The first-order chi connectivity index (χ1) is 16.3. The lowest BCUT2D eigenvalue weighted by Crippen LogP contribution is -2.14. The molecule has 0 unspecified atom stereocenters. The minimum Gasteiger partial charge on any atom is -0.493 e. The third kappa shape index (κ3) is 3.33. The maximum Gasteiger partial charge on any atom is 0.269 e. The van der Waals surface area contributed by atoms with Crippen molar-refractivity contribution in [1.29, 1.82) is 0 Å². The van der Waals surface area contributed by atoms with Gasteiger partial charge < -0.3 is 14.0 Å². The lowest BCUT2D eigenvalue weighted by Gasteiger charge is -2.12. The Morgan fingerprint density at radius 1 is 0.941 bits per heavy atom. The molecule has 0 saturated carbocycles. The van der Waals surface area contributed by atoms with Crippen molar-refractivity contribution in [1.82, 2.24) is 13.5 Å². The van der Waals surface area contributed by atoms with Crippen LogP contribution in [0, 0.1) is 6.92 Å². The minimum atomic E-state index is -3.99. The van der Waals surface area contributed by atoms with Gasteiger partial charge in [-0.2, -0.15) is 0 Å². The van der Waals surface area contributed by atoms with Gasteiger partial charge in [0.2, 0.25) is 0 Å². The smallest absolute Gasteiger partial charge is 0.269 e. The maximum absolute atomic E-state index is 13.9. The van der Waals surface area contributed by atoms with Crippen LogP contribution in [-0.4, -0.2) is 36.2 Å². The van der Waals surface area contributed by atoms with Crippen LogP contribution in [0.4, 0.5) is 0 Å². The van der Waals surface area contributed by atoms with E-state index in [0.717, 1.165) is 16.5 Å². The standard InChI is InChI=1S/C25H22ClN3O4S/c1-15-5-7-16(8-6-15)34(30,31)29-22(11-18-20(26)9-10-27-25(18)29)19-14-28(2)21-13-24(33-4)23(32-3)12-17(19)21/h5-14H,1-4H3. The number of aryl methyl sites for hydroxylation is 2. The Kier molecular flexibility index (Phi) is 5.30. The molecule has 5 rings (SSSR count). The van der Waals surface area contributed by atoms with Crippen molar-refractivity contribution in [3.63, 3.8) is 0 Å². The average molecular weight is 496 g/mol. The van der Waals surface area contributed by atoms with Gasteiger partial charge in [0.25, 0.3) is 10.0 Å². The highest BCUT2D eigenvalue weighted by atomic mass is 35.5. The Hall–Kier alpha value is -3.49. The van der Waals surface area contributed by atoms with Crippen molar-refractivity contribution in [3.8, 4) is 22.8 Å². The molecule has 5 aromatic rings. The first-order valence-electron chi connectivity index (χ1n) is 10.5. The van der Waals surface area contributed by atoms with Crippen LogP contribution < -0.4 is 9.47 Å². The van der Waals surface area contributed by atoms with Gasteiger partial charge in [-0.15, -0.1) is 0 Å². The number of fused-ring (bicyclic) bond motifs is 2. The quantitative estimate of drug-likeness (QED) is 0.326. The van der Waals surface area contributed by atoms with Gasteiger partial charge in [0.05, 0.1) is 35.3 Å². The Morgan fingerprint density at radius 2 is 1.62 bits per heavy atom. The zero-order valence-corrected chi connectivity index (χ0v) is 20.6. The number of benzene rings is 2. The molecule has 0 aliphatic rings. The largest absolute Gasteiger partial charge is 0.493 e. The van der Waals surface area contributed by atoms with E-state index in [4.69, 9.17) is 21.1 Å². The third-order valence-corrected chi connectivity index (χ3v) is 7.99. The van der Waals surface area contributed by atoms with Crippen molar-refractivity contribution in [2.24, 2.45) is 7.05 Å². The van der Waals surface area contributed by atoms with E-state index in [1.165, 1.54) is 10.2 Å². The number of nitrogens with zero attached hydrogens (tertiary/aromatic N) is 3. The highest BCUT2D eigenvalue weighted by molar-refractivity contribution is 7.90. The predicted molar refractivity (Wildman–Crippen MR) is 134 cm³/mol. The number of halogens is 1. The summed E-state index contributed by atoms with van der Waals surface area (Å²) in [6, 6.07) is 13.9. The highest BCUT2D eigenvalue weighted by Gasteiger charge is 2.27. The zero-order chi connectivity index (χ0) is 24.2. The van der Waals surface area contributed by atoms with Crippen molar-refractivity contribution >= 4 is 43.6 Å². The van der Waals surface area contributed by atoms with Crippen LogP contribution in [-0.2, 0) is 17.1 Å². The van der Waals surface area contributed by atoms with E-state index in [1.54, 1.807) is 50.6 Å². The number of hydrogen-bond donors (Lipinski definition) is 0. The van der Waals surface area contributed by atoms with E-state index in [2.05, 4.69) is 4.98 Å². The third-order valence-electron chi connectivity index (χ3n) is 5.94. The molecule has 0 atom stereocenters. The lowest BCUT2D eigenvalue weighted by atomic mass is 10.1. The molecule has 34 heavy (non-hydrogen) atoms. The van der Waals surface area contributed by atoms with Crippen molar-refractivity contribution in [3.05, 3.63) is 71.5 Å². The number of pyridine rings is 1. The van der Waals surface area contributed by atoms with Crippen LogP contribution in [0.15, 0.2) is 65.8 Å². The molecule has 0 aliphatic carbocycles. The van der Waals surface area contributed by atoms with Gasteiger partial charge in [-0.05, 0) is 37.3 Å². The molecule has 174 valence electrons. The number of ether oxygens (including phenoxy) is 2. The maximum atomic E-state index is 13.9. The van der Waals surface area contributed by atoms with Crippen LogP contribution in [0.2, 0.25) is 5.02 Å². The SMILES string of the molecule is COc1cc2c(-c3cc4c(Cl)ccnc4n3S(=O)(=O)c3ccc(C)cc3)cn(C)c2cc1OC. The number of aromatic nitrogens is 3. The Balaban J connectivity index is 1.88. The molecule has 9 heteroatoms. The van der Waals surface area contributed by atoms with Gasteiger partial charge in [-0.1, -0.05) is 29.3 Å². The molecule has 0 radical (unpaired) electrons. The molecule has 7 nitrogen and oxygen atoms in total. The van der Waals surface area contributed by atoms with Gasteiger partial charge in [0.15, 0.2) is 17.1 Å². The summed E-state index contributed by atoms with van der Waals surface area (Å²) < 4.78 is 42.0. The summed E-state index contributed by atoms with van der Waals surface area (Å²) in [5.74, 6) is 1.13. The van der Waals surface area contributed by atoms with Crippen molar-refractivity contribution < 1.29 is 17.9 Å². The number of hydrogen-bond acceptors (Lipinski definition) is 5. The molecule has 0 N–H and O–H groups in total. The van der Waals surface area contributed by atoms with Crippen molar-refractivity contribution in [2.75, 3.05) is 14.2 Å². The molecule has 0 fully saturated rings. The number of methoxy groups -OCH3 is 2. The summed E-state index contributed by atoms with van der Waals surface area (Å²) in [7, 11) is 1.04. The minimum absolute atomic E-state index is 0.165. The second-order valence-corrected chi connectivity index (χ2v) is 10.2. The zero-order valence-electron chi connectivity index (χ0n) is 19.0. The topological polar surface area (TPSA) is 75.4 Å². The monoisotopic (exact) mass is 495 g/mol. The first kappa shape index (κ1) is 22.3. The molecule has 3 aromatic heterocycles. The molecule has 0 aliphatic heterocycles. The van der Waals surface area contributed by atoms with Crippen molar-refractivity contribution in [2.45, 2.75) is 11.8 Å². The molecule has 0 saturated heterocycles. The van der Waals surface area contributed by atoms with Crippen LogP contribution in [0.5, 0.6) is 11.5 Å². The van der Waals surface area contributed by atoms with Crippen LogP contribution in [0.3, 0.4) is 0 Å². The second kappa shape index (κ2) is 8.07. The van der Waals surface area contributed by atoms with E-state index in [9.17, 15) is 8.42 Å². The van der Waals surface area contributed by atoms with Gasteiger partial charge in [0, 0.05) is 41.8 Å². The summed E-state index contributed by atoms with van der Waals surface area (Å²) in [5, 5.41) is 1.77. The average Bonchev–Trinajstić information content (AvgIpc) is 3.37. The summed E-state index contributed by atoms with van der Waals surface area (Å²) in [6.45, 7) is 1.91. The summed E-state index contributed by atoms with van der Waals surface area (Å²) in [4.78, 5) is 4.56. The fourth-order valence-corrected chi connectivity index (χ4v) is 5.87. The lowest BCUT2D eigenvalue weighted by molar-refractivity contribution is 0.355. The van der Waals surface area contributed by atoms with Gasteiger partial charge in [-0.3, -0.25) is 0 Å². The number of rotatable bonds is 5. The van der Waals surface area contributed by atoms with E-state index in [-0.39, 0.29) is 10.5 Å². The molecule has 2 aromatic carbocycles. The Labute approximate surface area is 202 Å². The molecule has 0 bridgehead atoms. The first-order valence-corrected chi connectivity index (χ1v) is 12.3. The fourth-order valence-electron chi connectivity index (χ4n) is 4.20. The van der Waals surface area contributed by atoms with Crippen LogP contribution in [0.1, 0.15) is 5.56 Å². The van der Waals surface area contributed by atoms with E-state index in [0.29, 0.717) is 33.2 Å². The molecule has 0 spiro atoms. The van der Waals surface area contributed by atoms with E-state index >= 15 is 0 Å². The van der Waals surface area contributed by atoms with E-state index < -0.39 is 10.0 Å². The molecular weight excluding hydrogens is 474 g/mol. The van der Waals surface area contributed by atoms with Gasteiger partial charge in [0.1, 0.15) is 0 Å². The second-order valence-electron chi connectivity index (χ2n) is 8.02. The summed E-state index contributed by atoms with van der Waals surface area (Å²) in [6.07, 6.45) is 3.39. The Bertz CT molecular complexity index is 1670. The normalized spacial score (nSPS) is 11.9. The summed E-state index contributed by atoms with van der Waals surface area (Å²) >= 11 is 6.47. The van der Waals surface area contributed by atoms with Gasteiger partial charge >= 0.3 is 0 Å². The molecule has 3 heterocycles. The Morgan fingerprint density at radius 3 is 2.29 bits per heavy atom. The molecule has 0 amide bonds. The van der Waals surface area contributed by atoms with Crippen LogP contribution >= 0.6 is 11.6 Å². The van der Waals surface area contributed by atoms with Gasteiger partial charge in [-0.25, -0.2) is 17.4 Å². The molecular formula is C25H22ClN3O4S. The van der Waals surface area contributed by atoms with Crippen LogP contribution in [0.25, 0.3) is 33.2 Å². The van der Waals surface area contributed by atoms with E-state index in [1.807, 2.05) is 36.9 Å². The fraction of sp³-hybridized carbons (Fsp3) is 0.160.